The topological polar surface area (TPSA) is 35.8 Å². The Labute approximate surface area is 156 Å². The smallest absolute Gasteiger partial charge is 0.122 e. The average Bonchev–Trinajstić information content (AvgIpc) is 3.33. The quantitative estimate of drug-likeness (QED) is 0.645. The molecule has 0 amide bonds. The molecule has 0 atom stereocenters. The van der Waals surface area contributed by atoms with Gasteiger partial charge in [-0.15, -0.1) is 0 Å². The number of hydrogen-bond donors (Lipinski definition) is 0. The molecule has 0 unspecified atom stereocenters. The van der Waals surface area contributed by atoms with Crippen LogP contribution in [0.15, 0.2) is 48.5 Å². The van der Waals surface area contributed by atoms with Crippen molar-refractivity contribution in [3.05, 3.63) is 48.5 Å². The number of fused-ring (bicyclic) bond motifs is 1. The first kappa shape index (κ1) is 18.7. The van der Waals surface area contributed by atoms with Crippen molar-refractivity contribution in [2.75, 3.05) is 20.3 Å². The fraction of sp³-hybridized carbons (Fsp3) is 0.381. The molecule has 0 radical (unpaired) electrons. The number of nitrogens with zero attached hydrogens (tertiary/aromatic N) is 2. The van der Waals surface area contributed by atoms with Crippen molar-refractivity contribution in [3.8, 4) is 17.0 Å². The summed E-state index contributed by atoms with van der Waals surface area (Å²) < 4.78 is 12.5. The van der Waals surface area contributed by atoms with E-state index in [-0.39, 0.29) is 0 Å². The fourth-order valence-electron chi connectivity index (χ4n) is 2.99. The minimum absolute atomic E-state index is 0.902. The maximum Gasteiger partial charge on any atom is 0.122 e. The van der Waals surface area contributed by atoms with E-state index in [2.05, 4.69) is 48.4 Å². The van der Waals surface area contributed by atoms with Gasteiger partial charge in [0.2, 0.25) is 0 Å². The molecule has 0 aliphatic carbocycles. The number of aromatic nitrogens is 2. The molecule has 3 heterocycles. The van der Waals surface area contributed by atoms with Crippen LogP contribution in [0.1, 0.15) is 12.8 Å². The molecule has 0 N–H and O–H groups in total. The van der Waals surface area contributed by atoms with Gasteiger partial charge in [0.05, 0.1) is 18.3 Å². The van der Waals surface area contributed by atoms with Crippen LogP contribution >= 0.6 is 0 Å². The van der Waals surface area contributed by atoms with E-state index >= 15 is 0 Å². The number of methoxy groups -OCH3 is 1. The minimum Gasteiger partial charge on any atom is -0.497 e. The van der Waals surface area contributed by atoms with Gasteiger partial charge in [0.15, 0.2) is 0 Å². The molecule has 2 aromatic heterocycles. The summed E-state index contributed by atoms with van der Waals surface area (Å²) in [6, 6.07) is 16.6. The molecule has 0 spiro atoms. The molecular formula is C21H28N2O2Si. The molecule has 4 nitrogen and oxygen atoms in total. The van der Waals surface area contributed by atoms with Crippen LogP contribution in [0.3, 0.4) is 0 Å². The van der Waals surface area contributed by atoms with E-state index in [4.69, 9.17) is 14.6 Å². The van der Waals surface area contributed by atoms with Crippen molar-refractivity contribution in [2.45, 2.75) is 32.5 Å². The first-order chi connectivity index (χ1) is 12.5. The highest BCUT2D eigenvalue weighted by molar-refractivity contribution is 6.88. The molecule has 0 bridgehead atoms. The predicted molar refractivity (Wildman–Crippen MR) is 110 cm³/mol. The standard InChI is InChI=1S/C17H20N2OSi.C4H8O/c1-20-15-10-14-11-16(13-8-6-5-7-9-13)18-19(14)17(12-15)21(2,3)4;1-2-4-5-3-1/h5-12H,1-4H3;1-4H2. The normalized spacial score (nSPS) is 14.2. The summed E-state index contributed by atoms with van der Waals surface area (Å²) in [7, 11) is 0.204. The summed E-state index contributed by atoms with van der Waals surface area (Å²) in [4.78, 5) is 0. The van der Waals surface area contributed by atoms with Gasteiger partial charge in [0, 0.05) is 30.2 Å². The van der Waals surface area contributed by atoms with Crippen LogP contribution in [0.25, 0.3) is 16.8 Å². The summed E-state index contributed by atoms with van der Waals surface area (Å²) in [6.45, 7) is 8.97. The van der Waals surface area contributed by atoms with Crippen LogP contribution in [0.5, 0.6) is 5.75 Å². The Morgan fingerprint density at radius 1 is 1.00 bits per heavy atom. The molecule has 3 aromatic rings. The summed E-state index contributed by atoms with van der Waals surface area (Å²) >= 11 is 0. The van der Waals surface area contributed by atoms with Gasteiger partial charge in [-0.05, 0) is 25.0 Å². The molecule has 26 heavy (non-hydrogen) atoms. The lowest BCUT2D eigenvalue weighted by molar-refractivity contribution is 0.198. The van der Waals surface area contributed by atoms with Gasteiger partial charge in [-0.3, -0.25) is 0 Å². The molecule has 1 aliphatic rings. The lowest BCUT2D eigenvalue weighted by atomic mass is 10.1. The third kappa shape index (κ3) is 4.34. The second-order valence-electron chi connectivity index (χ2n) is 7.58. The van der Waals surface area contributed by atoms with Crippen LogP contribution in [-0.4, -0.2) is 38.0 Å². The molecule has 1 fully saturated rings. The second kappa shape index (κ2) is 8.06. The summed E-state index contributed by atoms with van der Waals surface area (Å²) in [5.74, 6) is 0.902. The van der Waals surface area contributed by atoms with E-state index in [9.17, 15) is 0 Å². The monoisotopic (exact) mass is 368 g/mol. The van der Waals surface area contributed by atoms with Crippen LogP contribution in [0.2, 0.25) is 19.6 Å². The summed E-state index contributed by atoms with van der Waals surface area (Å²) in [5, 5.41) is 6.10. The highest BCUT2D eigenvalue weighted by Gasteiger charge is 2.22. The van der Waals surface area contributed by atoms with E-state index in [1.165, 1.54) is 18.2 Å². The Hall–Kier alpha value is -2.11. The van der Waals surface area contributed by atoms with Crippen LogP contribution in [0.4, 0.5) is 0 Å². The molecule has 5 heteroatoms. The zero-order valence-electron chi connectivity index (χ0n) is 16.2. The lowest BCUT2D eigenvalue weighted by Gasteiger charge is -2.18. The Morgan fingerprint density at radius 3 is 2.23 bits per heavy atom. The molecule has 1 saturated heterocycles. The molecule has 138 valence electrons. The van der Waals surface area contributed by atoms with Crippen LogP contribution < -0.4 is 10.1 Å². The third-order valence-electron chi connectivity index (χ3n) is 4.44. The van der Waals surface area contributed by atoms with E-state index in [0.717, 1.165) is 35.7 Å². The first-order valence-corrected chi connectivity index (χ1v) is 12.7. The maximum absolute atomic E-state index is 5.45. The Bertz CT molecular complexity index is 842. The van der Waals surface area contributed by atoms with E-state index in [1.54, 1.807) is 7.11 Å². The number of rotatable bonds is 3. The first-order valence-electron chi connectivity index (χ1n) is 9.20. The van der Waals surface area contributed by atoms with Crippen molar-refractivity contribution in [3.63, 3.8) is 0 Å². The van der Waals surface area contributed by atoms with Gasteiger partial charge in [-0.1, -0.05) is 50.0 Å². The third-order valence-corrected chi connectivity index (χ3v) is 6.33. The molecule has 1 aromatic carbocycles. The number of hydrogen-bond acceptors (Lipinski definition) is 3. The van der Waals surface area contributed by atoms with Crippen molar-refractivity contribution >= 4 is 18.9 Å². The molecule has 4 rings (SSSR count). The maximum atomic E-state index is 5.45. The molecule has 0 saturated carbocycles. The average molecular weight is 369 g/mol. The Morgan fingerprint density at radius 2 is 1.69 bits per heavy atom. The lowest BCUT2D eigenvalue weighted by Crippen LogP contribution is -2.42. The molecule has 1 aliphatic heterocycles. The van der Waals surface area contributed by atoms with Crippen molar-refractivity contribution < 1.29 is 9.47 Å². The van der Waals surface area contributed by atoms with Crippen LogP contribution in [0, 0.1) is 0 Å². The molecular weight excluding hydrogens is 340 g/mol. The van der Waals surface area contributed by atoms with Gasteiger partial charge < -0.3 is 9.47 Å². The van der Waals surface area contributed by atoms with E-state index in [1.807, 2.05) is 24.3 Å². The van der Waals surface area contributed by atoms with Crippen molar-refractivity contribution in [2.24, 2.45) is 0 Å². The zero-order valence-corrected chi connectivity index (χ0v) is 17.2. The largest absolute Gasteiger partial charge is 0.497 e. The number of pyridine rings is 1. The zero-order chi connectivity index (χ0) is 18.6. The van der Waals surface area contributed by atoms with Crippen molar-refractivity contribution in [1.29, 1.82) is 0 Å². The van der Waals surface area contributed by atoms with Crippen LogP contribution in [-0.2, 0) is 4.74 Å². The highest BCUT2D eigenvalue weighted by Crippen LogP contribution is 2.22. The second-order valence-corrected chi connectivity index (χ2v) is 12.6. The Balaban J connectivity index is 0.000000339. The van der Waals surface area contributed by atoms with E-state index in [0.29, 0.717) is 0 Å². The summed E-state index contributed by atoms with van der Waals surface area (Å²) in [5.41, 5.74) is 3.23. The van der Waals surface area contributed by atoms with Gasteiger partial charge in [0.1, 0.15) is 13.8 Å². The SMILES string of the molecule is C1CCOC1.COc1cc([Si](C)(C)C)n2nc(-c3ccccc3)cc2c1. The minimum atomic E-state index is -1.51. The number of benzene rings is 1. The summed E-state index contributed by atoms with van der Waals surface area (Å²) in [6.07, 6.45) is 2.56. The van der Waals surface area contributed by atoms with Gasteiger partial charge >= 0.3 is 0 Å². The van der Waals surface area contributed by atoms with Crippen molar-refractivity contribution in [1.82, 2.24) is 9.61 Å². The van der Waals surface area contributed by atoms with Gasteiger partial charge in [-0.25, -0.2) is 4.52 Å². The van der Waals surface area contributed by atoms with Gasteiger partial charge in [-0.2, -0.15) is 5.10 Å². The predicted octanol–water partition coefficient (Wildman–Crippen LogP) is 4.35. The van der Waals surface area contributed by atoms with E-state index < -0.39 is 8.07 Å². The Kier molecular flexibility index (Phi) is 5.79. The highest BCUT2D eigenvalue weighted by atomic mass is 28.3. The fourth-order valence-corrected chi connectivity index (χ4v) is 4.38. The van der Waals surface area contributed by atoms with Gasteiger partial charge in [0.25, 0.3) is 0 Å². The number of ether oxygens (including phenoxy) is 2.